The molecule has 0 spiro atoms. The van der Waals surface area contributed by atoms with E-state index in [2.05, 4.69) is 62.4 Å². The van der Waals surface area contributed by atoms with Gasteiger partial charge in [0.2, 0.25) is 0 Å². The molecule has 0 N–H and O–H groups in total. The standard InChI is InChI=1S/C43H35NO4/c1-25(2)23-27-15-17-28(18-16-27)26(3)43(47)48-24-37(29-9-5-4-6-10-29)44-41(45)35-21-19-33-31-13-7-11-30-12-8-14-32(38(30)31)34-20-22-36(42(44)46)40(35)39(33)34/h4-22,25-26,37H,23-24H2,1-3H3/t26-,37+/m1/s1. The molecule has 7 aromatic carbocycles. The zero-order valence-electron chi connectivity index (χ0n) is 27.2. The summed E-state index contributed by atoms with van der Waals surface area (Å²) in [5.41, 5.74) is 3.74. The third-order valence-electron chi connectivity index (χ3n) is 9.90. The van der Waals surface area contributed by atoms with E-state index >= 15 is 0 Å². The van der Waals surface area contributed by atoms with Gasteiger partial charge in [-0.3, -0.25) is 19.3 Å². The van der Waals surface area contributed by atoms with Crippen LogP contribution < -0.4 is 0 Å². The minimum atomic E-state index is -0.805. The van der Waals surface area contributed by atoms with Gasteiger partial charge in [-0.25, -0.2) is 0 Å². The summed E-state index contributed by atoms with van der Waals surface area (Å²) in [5.74, 6) is -1.17. The largest absolute Gasteiger partial charge is 0.463 e. The van der Waals surface area contributed by atoms with Crippen molar-refractivity contribution in [3.63, 3.8) is 0 Å². The molecule has 0 radical (unpaired) electrons. The number of carbonyl (C=O) groups excluding carboxylic acids is 3. The van der Waals surface area contributed by atoms with Gasteiger partial charge in [0.15, 0.2) is 0 Å². The first kappa shape index (κ1) is 29.8. The monoisotopic (exact) mass is 629 g/mol. The van der Waals surface area contributed by atoms with E-state index in [0.29, 0.717) is 28.0 Å². The lowest BCUT2D eigenvalue weighted by molar-refractivity contribution is -0.146. The Morgan fingerprint density at radius 2 is 1.19 bits per heavy atom. The summed E-state index contributed by atoms with van der Waals surface area (Å²) in [4.78, 5) is 43.6. The van der Waals surface area contributed by atoms with Crippen LogP contribution >= 0.6 is 0 Å². The normalized spacial score (nSPS) is 14.5. The Kier molecular flexibility index (Phi) is 7.21. The Balaban J connectivity index is 1.17. The predicted molar refractivity (Wildman–Crippen MR) is 192 cm³/mol. The molecule has 1 aliphatic heterocycles. The molecule has 8 rings (SSSR count). The summed E-state index contributed by atoms with van der Waals surface area (Å²) in [5, 5.41) is 8.16. The number of amides is 2. The molecular formula is C43H35NO4. The van der Waals surface area contributed by atoms with Crippen LogP contribution in [0.5, 0.6) is 0 Å². The molecule has 2 amide bonds. The Morgan fingerprint density at radius 3 is 1.77 bits per heavy atom. The molecular weight excluding hydrogens is 594 g/mol. The molecule has 0 unspecified atom stereocenters. The SMILES string of the molecule is CC(C)Cc1ccc([C@@H](C)C(=O)OC[C@@H](c2ccccc2)N2C(=O)c3ccc4c5cccc6cccc(c7ccc(c3c47)C2=O)c65)cc1. The highest BCUT2D eigenvalue weighted by atomic mass is 16.5. The Labute approximate surface area is 279 Å². The van der Waals surface area contributed by atoms with E-state index in [4.69, 9.17) is 4.74 Å². The number of fused-ring (bicyclic) bond motifs is 2. The molecule has 0 saturated carbocycles. The van der Waals surface area contributed by atoms with Crippen molar-refractivity contribution in [3.05, 3.63) is 143 Å². The van der Waals surface area contributed by atoms with Crippen molar-refractivity contribution in [3.8, 4) is 0 Å². The number of benzene rings is 7. The van der Waals surface area contributed by atoms with Crippen LogP contribution in [0.2, 0.25) is 0 Å². The predicted octanol–water partition coefficient (Wildman–Crippen LogP) is 9.62. The highest BCUT2D eigenvalue weighted by molar-refractivity contribution is 6.38. The van der Waals surface area contributed by atoms with Gasteiger partial charge in [-0.1, -0.05) is 117 Å². The third kappa shape index (κ3) is 4.72. The van der Waals surface area contributed by atoms with Gasteiger partial charge in [0.05, 0.1) is 12.0 Å². The zero-order valence-corrected chi connectivity index (χ0v) is 27.2. The average molecular weight is 630 g/mol. The van der Waals surface area contributed by atoms with Gasteiger partial charge >= 0.3 is 5.97 Å². The quantitative estimate of drug-likeness (QED) is 0.0727. The average Bonchev–Trinajstić information content (AvgIpc) is 3.11. The Hall–Kier alpha value is -5.55. The molecule has 1 heterocycles. The van der Waals surface area contributed by atoms with Crippen LogP contribution in [-0.4, -0.2) is 29.3 Å². The third-order valence-corrected chi connectivity index (χ3v) is 9.90. The van der Waals surface area contributed by atoms with Crippen molar-refractivity contribution in [2.45, 2.75) is 39.2 Å². The van der Waals surface area contributed by atoms with Crippen molar-refractivity contribution >= 4 is 60.9 Å². The zero-order chi connectivity index (χ0) is 33.1. The maximum atomic E-state index is 14.5. The number of hydrogen-bond donors (Lipinski definition) is 0. The molecule has 48 heavy (non-hydrogen) atoms. The number of esters is 1. The van der Waals surface area contributed by atoms with E-state index in [1.807, 2.05) is 73.7 Å². The summed E-state index contributed by atoms with van der Waals surface area (Å²) in [7, 11) is 0. The van der Waals surface area contributed by atoms with E-state index < -0.39 is 29.7 Å². The first-order valence-corrected chi connectivity index (χ1v) is 16.6. The van der Waals surface area contributed by atoms with Crippen LogP contribution in [0.3, 0.4) is 0 Å². The molecule has 0 fully saturated rings. The van der Waals surface area contributed by atoms with Crippen molar-refractivity contribution in [2.24, 2.45) is 5.92 Å². The maximum Gasteiger partial charge on any atom is 0.313 e. The van der Waals surface area contributed by atoms with E-state index in [0.717, 1.165) is 44.3 Å². The number of nitrogens with zero attached hydrogens (tertiary/aromatic N) is 1. The van der Waals surface area contributed by atoms with Crippen LogP contribution in [-0.2, 0) is 16.0 Å². The second kappa shape index (κ2) is 11.6. The number of hydrogen-bond acceptors (Lipinski definition) is 4. The van der Waals surface area contributed by atoms with Crippen molar-refractivity contribution in [1.29, 1.82) is 0 Å². The molecule has 236 valence electrons. The van der Waals surface area contributed by atoms with Gasteiger partial charge in [0, 0.05) is 16.5 Å². The minimum absolute atomic E-state index is 0.153. The van der Waals surface area contributed by atoms with Crippen molar-refractivity contribution in [2.75, 3.05) is 6.61 Å². The fourth-order valence-electron chi connectivity index (χ4n) is 7.56. The molecule has 0 bridgehead atoms. The van der Waals surface area contributed by atoms with Gasteiger partial charge < -0.3 is 4.74 Å². The Morgan fingerprint density at radius 1 is 0.604 bits per heavy atom. The summed E-state index contributed by atoms with van der Waals surface area (Å²) < 4.78 is 5.93. The molecule has 5 heteroatoms. The summed E-state index contributed by atoms with van der Waals surface area (Å²) >= 11 is 0. The second-order valence-corrected chi connectivity index (χ2v) is 13.4. The molecule has 0 aromatic heterocycles. The summed E-state index contributed by atoms with van der Waals surface area (Å²) in [6, 6.07) is 36.9. The first-order chi connectivity index (χ1) is 23.3. The molecule has 1 aliphatic rings. The van der Waals surface area contributed by atoms with Gasteiger partial charge in [-0.15, -0.1) is 0 Å². The lowest BCUT2D eigenvalue weighted by Gasteiger charge is -2.34. The van der Waals surface area contributed by atoms with E-state index in [1.165, 1.54) is 15.8 Å². The molecule has 5 nitrogen and oxygen atoms in total. The number of ether oxygens (including phenoxy) is 1. The van der Waals surface area contributed by atoms with Crippen LogP contribution in [0.15, 0.2) is 115 Å². The summed E-state index contributed by atoms with van der Waals surface area (Å²) in [6.45, 7) is 6.03. The van der Waals surface area contributed by atoms with Gasteiger partial charge in [0.1, 0.15) is 6.61 Å². The first-order valence-electron chi connectivity index (χ1n) is 16.6. The van der Waals surface area contributed by atoms with E-state index in [9.17, 15) is 14.4 Å². The van der Waals surface area contributed by atoms with Crippen molar-refractivity contribution in [1.82, 2.24) is 4.90 Å². The van der Waals surface area contributed by atoms with Crippen LogP contribution in [0.4, 0.5) is 0 Å². The van der Waals surface area contributed by atoms with Crippen molar-refractivity contribution < 1.29 is 19.1 Å². The van der Waals surface area contributed by atoms with Gasteiger partial charge in [-0.05, 0) is 85.8 Å². The van der Waals surface area contributed by atoms with Gasteiger partial charge in [-0.2, -0.15) is 0 Å². The fourth-order valence-corrected chi connectivity index (χ4v) is 7.56. The highest BCUT2D eigenvalue weighted by Crippen LogP contribution is 2.44. The lowest BCUT2D eigenvalue weighted by Crippen LogP contribution is -2.44. The highest BCUT2D eigenvalue weighted by Gasteiger charge is 2.39. The maximum absolute atomic E-state index is 14.5. The minimum Gasteiger partial charge on any atom is -0.463 e. The van der Waals surface area contributed by atoms with Crippen LogP contribution in [0.25, 0.3) is 43.1 Å². The number of imide groups is 1. The molecule has 0 aliphatic carbocycles. The van der Waals surface area contributed by atoms with E-state index in [-0.39, 0.29) is 6.61 Å². The summed E-state index contributed by atoms with van der Waals surface area (Å²) in [6.07, 6.45) is 0.971. The topological polar surface area (TPSA) is 63.7 Å². The smallest absolute Gasteiger partial charge is 0.313 e. The Bertz CT molecular complexity index is 2280. The second-order valence-electron chi connectivity index (χ2n) is 13.4. The lowest BCUT2D eigenvalue weighted by atomic mass is 9.84. The fraction of sp³-hybridized carbons (Fsp3) is 0.186. The molecule has 2 atom stereocenters. The number of carbonyl (C=O) groups is 3. The van der Waals surface area contributed by atoms with Crippen LogP contribution in [0, 0.1) is 5.92 Å². The van der Waals surface area contributed by atoms with Gasteiger partial charge in [0.25, 0.3) is 11.8 Å². The number of rotatable bonds is 8. The van der Waals surface area contributed by atoms with Crippen LogP contribution in [0.1, 0.15) is 70.1 Å². The van der Waals surface area contributed by atoms with E-state index in [1.54, 1.807) is 0 Å². The molecule has 0 saturated heterocycles. The molecule has 7 aromatic rings.